The summed E-state index contributed by atoms with van der Waals surface area (Å²) < 4.78 is 446. The van der Waals surface area contributed by atoms with Gasteiger partial charge in [0.15, 0.2) is 140 Å². The lowest BCUT2D eigenvalue weighted by atomic mass is 9.11. The Balaban J connectivity index is 0.000000423. The molecule has 30 heteroatoms. The Labute approximate surface area is 516 Å². The highest BCUT2D eigenvalue weighted by Gasteiger charge is 2.52. The molecule has 8 aromatic rings. The molecule has 512 valence electrons. The third-order valence-corrected chi connectivity index (χ3v) is 16.9. The van der Waals surface area contributed by atoms with Crippen LogP contribution in [0, 0.1) is 163 Å². The molecule has 0 spiro atoms. The molecule has 0 bridgehead atoms. The van der Waals surface area contributed by atoms with Gasteiger partial charge in [-0.1, -0.05) is 97.8 Å². The van der Waals surface area contributed by atoms with Crippen LogP contribution >= 0.6 is 0 Å². The molecule has 0 fully saturated rings. The van der Waals surface area contributed by atoms with E-state index in [9.17, 15) is 17.6 Å². The lowest BCUT2D eigenvalue weighted by Gasteiger charge is -2.47. The van der Waals surface area contributed by atoms with Crippen molar-refractivity contribution < 1.29 is 128 Å². The van der Waals surface area contributed by atoms with E-state index >= 15 is 105 Å². The summed E-state index contributed by atoms with van der Waals surface area (Å²) in [6.45, 7) is 11.3. The van der Waals surface area contributed by atoms with E-state index < -0.39 is 234 Å². The Morgan fingerprint density at radius 3 is 0.479 bits per heavy atom. The van der Waals surface area contributed by atoms with E-state index in [4.69, 9.17) is 0 Å². The number of halogens is 28. The van der Waals surface area contributed by atoms with E-state index in [-0.39, 0.29) is 0 Å². The second kappa shape index (κ2) is 30.3. The van der Waals surface area contributed by atoms with Crippen LogP contribution < -0.4 is 26.8 Å². The molecular formula is C64H52BF28N. The molecular weight excluding hydrogens is 1330 g/mol. The zero-order valence-electron chi connectivity index (χ0n) is 49.5. The summed E-state index contributed by atoms with van der Waals surface area (Å²) in [7, 11) is 0. The smallest absolute Gasteiger partial charge is 0.198 e. The van der Waals surface area contributed by atoms with E-state index in [0.29, 0.717) is 0 Å². The normalized spacial score (nSPS) is 12.1. The Hall–Kier alpha value is -7.14. The van der Waals surface area contributed by atoms with Gasteiger partial charge in [-0.2, -0.15) is 0 Å². The van der Waals surface area contributed by atoms with E-state index in [1.54, 1.807) is 0 Å². The van der Waals surface area contributed by atoms with Crippen LogP contribution in [0.4, 0.5) is 123 Å². The van der Waals surface area contributed by atoms with Crippen molar-refractivity contribution in [3.63, 3.8) is 0 Å². The van der Waals surface area contributed by atoms with Crippen LogP contribution in [-0.2, 0) is 0 Å². The zero-order valence-corrected chi connectivity index (χ0v) is 49.5. The monoisotopic (exact) mass is 1380 g/mol. The van der Waals surface area contributed by atoms with Crippen LogP contribution in [0.5, 0.6) is 0 Å². The molecule has 8 aromatic carbocycles. The van der Waals surface area contributed by atoms with Gasteiger partial charge < -0.3 is 4.90 Å². The Morgan fingerprint density at radius 1 is 0.170 bits per heavy atom. The maximum atomic E-state index is 17.3. The Bertz CT molecular complexity index is 3690. The molecule has 0 amide bonds. The molecule has 0 unspecified atom stereocenters. The fourth-order valence-corrected chi connectivity index (χ4v) is 12.4. The number of quaternary nitrogens is 1. The van der Waals surface area contributed by atoms with Crippen molar-refractivity contribution in [1.82, 2.24) is 0 Å². The molecule has 0 saturated carbocycles. The number of rotatable bonds is 25. The molecule has 0 aliphatic rings. The van der Waals surface area contributed by atoms with Crippen LogP contribution in [0.15, 0.2) is 0 Å². The van der Waals surface area contributed by atoms with Crippen molar-refractivity contribution in [2.24, 2.45) is 0 Å². The van der Waals surface area contributed by atoms with Gasteiger partial charge in [-0.3, -0.25) is 0 Å². The summed E-state index contributed by atoms with van der Waals surface area (Å²) in [6.07, 6.45) is 17.9. The first kappa shape index (κ1) is 74.3. The summed E-state index contributed by atoms with van der Waals surface area (Å²) in [4.78, 5) is 1.92. The summed E-state index contributed by atoms with van der Waals surface area (Å²) in [5.74, 6) is -104. The van der Waals surface area contributed by atoms with Crippen LogP contribution in [-0.4, -0.2) is 25.8 Å². The van der Waals surface area contributed by atoms with E-state index in [2.05, 4.69) is 20.8 Å². The fraction of sp³-hybridized carbons (Fsp3) is 0.375. The molecule has 0 atom stereocenters. The van der Waals surface area contributed by atoms with Crippen LogP contribution in [0.1, 0.15) is 136 Å². The minimum atomic E-state index is -8.05. The molecule has 1 N–H and O–H groups in total. The molecule has 94 heavy (non-hydrogen) atoms. The molecule has 0 heterocycles. The number of fused-ring (bicyclic) bond motifs is 4. The Morgan fingerprint density at radius 2 is 0.309 bits per heavy atom. The first-order valence-electron chi connectivity index (χ1n) is 29.6. The molecule has 0 saturated heterocycles. The fourth-order valence-electron chi connectivity index (χ4n) is 12.4. The van der Waals surface area contributed by atoms with Crippen molar-refractivity contribution in [1.29, 1.82) is 0 Å². The van der Waals surface area contributed by atoms with Gasteiger partial charge in [0.1, 0.15) is 29.4 Å². The summed E-state index contributed by atoms with van der Waals surface area (Å²) in [6, 6.07) is 0. The predicted octanol–water partition coefficient (Wildman–Crippen LogP) is 18.5. The summed E-state index contributed by atoms with van der Waals surface area (Å²) in [5.41, 5.74) is -15.5. The average Bonchev–Trinajstić information content (AvgIpc) is 0.663. The van der Waals surface area contributed by atoms with Gasteiger partial charge in [-0.25, -0.2) is 123 Å². The van der Waals surface area contributed by atoms with Gasteiger partial charge in [0.25, 0.3) is 0 Å². The van der Waals surface area contributed by atoms with Crippen molar-refractivity contribution in [3.05, 3.63) is 163 Å². The molecule has 0 aliphatic heterocycles. The van der Waals surface area contributed by atoms with Crippen LogP contribution in [0.3, 0.4) is 0 Å². The number of hydrogen-bond acceptors (Lipinski definition) is 0. The number of unbranched alkanes of at least 4 members (excludes halogenated alkanes) is 15. The maximum Gasteiger partial charge on any atom is 0.198 e. The first-order chi connectivity index (χ1) is 44.3. The molecule has 0 aliphatic carbocycles. The van der Waals surface area contributed by atoms with Crippen LogP contribution in [0.2, 0.25) is 0 Å². The van der Waals surface area contributed by atoms with Gasteiger partial charge in [0.2, 0.25) is 0 Å². The van der Waals surface area contributed by atoms with E-state index in [1.165, 1.54) is 135 Å². The maximum absolute atomic E-state index is 17.3. The standard InChI is InChI=1S/C40BF28.C24H51N/c42-13-1-5(21(50)37(66)33(13)62)17(46)29(58)25(54)9(1)41(10-2-6(18(47)30(59)26(10)55)22(51)38(67)34(63)14(2)43,11-3-7(19(48)31(60)27(11)56)23(52)39(68)35(64)15(3)44)12-4-8(20(49)32(61)28(12)57)24(53)40(69)36(65)16(4)45;1-4-7-10-13-16-19-22-25(23-20-17-14-11-8-5-2)24-21-18-15-12-9-6-3/h;4-24H2,1-3H3/q-1;/p+1. The first-order valence-corrected chi connectivity index (χ1v) is 29.6. The minimum absolute atomic E-state index is 1.37. The van der Waals surface area contributed by atoms with Crippen molar-refractivity contribution in [3.8, 4) is 0 Å². The van der Waals surface area contributed by atoms with Gasteiger partial charge in [-0.15, -0.1) is 21.9 Å². The molecule has 0 radical (unpaired) electrons. The highest BCUT2D eigenvalue weighted by Crippen LogP contribution is 2.42. The zero-order chi connectivity index (χ0) is 70.0. The van der Waals surface area contributed by atoms with E-state index in [0.717, 1.165) is 0 Å². The lowest BCUT2D eigenvalue weighted by molar-refractivity contribution is -0.900. The van der Waals surface area contributed by atoms with Gasteiger partial charge >= 0.3 is 0 Å². The van der Waals surface area contributed by atoms with Gasteiger partial charge in [-0.05, 0) is 60.1 Å². The van der Waals surface area contributed by atoms with E-state index in [1.807, 2.05) is 4.90 Å². The number of hydrogen-bond donors (Lipinski definition) is 1. The van der Waals surface area contributed by atoms with Gasteiger partial charge in [0, 0.05) is 0 Å². The predicted molar refractivity (Wildman–Crippen MR) is 295 cm³/mol. The lowest BCUT2D eigenvalue weighted by Crippen LogP contribution is -3.12. The number of benzene rings is 8. The summed E-state index contributed by atoms with van der Waals surface area (Å²) >= 11 is 0. The highest BCUT2D eigenvalue weighted by atomic mass is 19.2. The summed E-state index contributed by atoms with van der Waals surface area (Å²) in [5, 5.41) is -27.0. The third kappa shape index (κ3) is 12.7. The molecule has 8 rings (SSSR count). The quantitative estimate of drug-likeness (QED) is 0.0191. The SMILES string of the molecule is CCCCCCCC[NH+](CCCCCCCC)CCCCCCCC.Fc1c(F)c(F)c2c([B-](c3c(F)c(F)c(F)c4c(F)c(F)c(F)c(F)c34)(c3c(F)c(F)c(F)c4c(F)c(F)c(F)c(F)c34)c3c(F)c(F)c(F)c4c(F)c(F)c(F)c(F)c34)c(F)c(F)c(F)c2c1F. The average molecular weight is 1380 g/mol. The minimum Gasteiger partial charge on any atom is -0.335 e. The second-order valence-electron chi connectivity index (χ2n) is 22.6. The topological polar surface area (TPSA) is 4.44 Å². The largest absolute Gasteiger partial charge is 0.335 e. The van der Waals surface area contributed by atoms with Gasteiger partial charge in [0.05, 0.1) is 41.2 Å². The third-order valence-electron chi connectivity index (χ3n) is 16.9. The molecule has 0 aromatic heterocycles. The van der Waals surface area contributed by atoms with Crippen molar-refractivity contribution >= 4 is 71.1 Å². The van der Waals surface area contributed by atoms with Crippen molar-refractivity contribution in [2.75, 3.05) is 19.6 Å². The second-order valence-corrected chi connectivity index (χ2v) is 22.6. The van der Waals surface area contributed by atoms with Crippen LogP contribution in [0.25, 0.3) is 43.1 Å². The molecule has 1 nitrogen and oxygen atoms in total. The Kier molecular flexibility index (Phi) is 23.9. The highest BCUT2D eigenvalue weighted by molar-refractivity contribution is 7.23. The van der Waals surface area contributed by atoms with Crippen molar-refractivity contribution in [2.45, 2.75) is 136 Å². The number of nitrogens with one attached hydrogen (secondary N) is 1.